The fourth-order valence-electron chi connectivity index (χ4n) is 1.98. The highest BCUT2D eigenvalue weighted by molar-refractivity contribution is 9.10. The van der Waals surface area contributed by atoms with Crippen molar-refractivity contribution in [3.63, 3.8) is 0 Å². The van der Waals surface area contributed by atoms with Crippen molar-refractivity contribution in [2.45, 2.75) is 39.3 Å². The van der Waals surface area contributed by atoms with Crippen molar-refractivity contribution in [2.75, 3.05) is 5.32 Å². The van der Waals surface area contributed by atoms with E-state index in [4.69, 9.17) is 16.3 Å². The highest BCUT2D eigenvalue weighted by Gasteiger charge is 2.19. The number of hydrogen-bond acceptors (Lipinski definition) is 3. The Morgan fingerprint density at radius 2 is 2.17 bits per heavy atom. The van der Waals surface area contributed by atoms with E-state index >= 15 is 0 Å². The molecule has 0 fully saturated rings. The van der Waals surface area contributed by atoms with Gasteiger partial charge >= 0.3 is 0 Å². The molecule has 1 aromatic heterocycles. The highest BCUT2D eigenvalue weighted by Crippen LogP contribution is 2.28. The molecule has 0 spiro atoms. The summed E-state index contributed by atoms with van der Waals surface area (Å²) >= 11 is 9.44. The van der Waals surface area contributed by atoms with E-state index < -0.39 is 6.10 Å². The number of nitrogens with zero attached hydrogens (tertiary/aromatic N) is 2. The highest BCUT2D eigenvalue weighted by atomic mass is 79.9. The van der Waals surface area contributed by atoms with Crippen molar-refractivity contribution in [2.24, 2.45) is 0 Å². The van der Waals surface area contributed by atoms with E-state index in [1.165, 1.54) is 0 Å². The molecule has 0 saturated carbocycles. The Bertz CT molecular complexity index is 690. The van der Waals surface area contributed by atoms with Gasteiger partial charge in [-0.25, -0.2) is 4.68 Å². The van der Waals surface area contributed by atoms with Gasteiger partial charge < -0.3 is 10.1 Å². The van der Waals surface area contributed by atoms with Crippen molar-refractivity contribution in [3.8, 4) is 5.75 Å². The molecule has 1 N–H and O–H groups in total. The minimum absolute atomic E-state index is 0.206. The van der Waals surface area contributed by atoms with Crippen LogP contribution in [-0.2, 0) is 4.79 Å². The minimum Gasteiger partial charge on any atom is -0.479 e. The zero-order valence-corrected chi connectivity index (χ0v) is 15.6. The van der Waals surface area contributed by atoms with Crippen molar-refractivity contribution >= 4 is 39.3 Å². The normalized spacial score (nSPS) is 13.4. The maximum atomic E-state index is 12.3. The molecule has 5 nitrogen and oxygen atoms in total. The number of anilines is 1. The minimum atomic E-state index is -0.686. The molecule has 2 rings (SSSR count). The van der Waals surface area contributed by atoms with Gasteiger partial charge in [-0.3, -0.25) is 4.79 Å². The predicted molar refractivity (Wildman–Crippen MR) is 95.1 cm³/mol. The number of halogens is 2. The quantitative estimate of drug-likeness (QED) is 0.766. The lowest BCUT2D eigenvalue weighted by Crippen LogP contribution is -2.31. The topological polar surface area (TPSA) is 56.2 Å². The number of nitrogens with one attached hydrogen (secondary N) is 1. The third-order valence-electron chi connectivity index (χ3n) is 3.50. The first-order valence-corrected chi connectivity index (χ1v) is 8.55. The van der Waals surface area contributed by atoms with E-state index in [2.05, 4.69) is 33.3 Å². The summed E-state index contributed by atoms with van der Waals surface area (Å²) in [7, 11) is 0. The van der Waals surface area contributed by atoms with E-state index in [-0.39, 0.29) is 11.9 Å². The molecule has 23 heavy (non-hydrogen) atoms. The standard InChI is InChI=1S/C16H19BrClN3O2/c1-4-10(2)21-15(7-8-19-21)20-16(22)11(3)23-14-6-5-12(17)9-13(14)18/h5-11H,4H2,1-3H3,(H,20,22)/t10-,11-/m1/s1. The van der Waals surface area contributed by atoms with Crippen LogP contribution >= 0.6 is 27.5 Å². The molecule has 0 aliphatic carbocycles. The molecule has 2 aromatic rings. The molecular formula is C16H19BrClN3O2. The summed E-state index contributed by atoms with van der Waals surface area (Å²) in [6.07, 6.45) is 1.90. The van der Waals surface area contributed by atoms with Crippen LogP contribution in [0.2, 0.25) is 5.02 Å². The molecule has 0 bridgehead atoms. The zero-order valence-electron chi connectivity index (χ0n) is 13.2. The summed E-state index contributed by atoms with van der Waals surface area (Å²) in [4.78, 5) is 12.3. The van der Waals surface area contributed by atoms with Crippen LogP contribution in [0.15, 0.2) is 34.9 Å². The van der Waals surface area contributed by atoms with Gasteiger partial charge in [0.25, 0.3) is 5.91 Å². The van der Waals surface area contributed by atoms with Crippen LogP contribution in [0.4, 0.5) is 5.82 Å². The second kappa shape index (κ2) is 7.84. The van der Waals surface area contributed by atoms with Gasteiger partial charge in [-0.05, 0) is 38.5 Å². The van der Waals surface area contributed by atoms with Gasteiger partial charge in [-0.2, -0.15) is 5.10 Å². The van der Waals surface area contributed by atoms with Gasteiger partial charge in [0.1, 0.15) is 11.6 Å². The molecule has 1 amide bonds. The third kappa shape index (κ3) is 4.48. The maximum absolute atomic E-state index is 12.3. The van der Waals surface area contributed by atoms with Crippen molar-refractivity contribution in [1.82, 2.24) is 9.78 Å². The Morgan fingerprint density at radius 3 is 2.83 bits per heavy atom. The molecular weight excluding hydrogens is 382 g/mol. The van der Waals surface area contributed by atoms with E-state index in [0.717, 1.165) is 10.9 Å². The van der Waals surface area contributed by atoms with E-state index in [9.17, 15) is 4.79 Å². The van der Waals surface area contributed by atoms with Crippen LogP contribution in [-0.4, -0.2) is 21.8 Å². The van der Waals surface area contributed by atoms with Crippen molar-refractivity contribution in [3.05, 3.63) is 40.0 Å². The largest absolute Gasteiger partial charge is 0.479 e. The first-order valence-electron chi connectivity index (χ1n) is 7.38. The van der Waals surface area contributed by atoms with Crippen molar-refractivity contribution in [1.29, 1.82) is 0 Å². The Balaban J connectivity index is 2.04. The third-order valence-corrected chi connectivity index (χ3v) is 4.29. The number of benzene rings is 1. The van der Waals surface area contributed by atoms with Gasteiger partial charge in [0.15, 0.2) is 6.10 Å². The van der Waals surface area contributed by atoms with Crippen LogP contribution in [0.5, 0.6) is 5.75 Å². The lowest BCUT2D eigenvalue weighted by molar-refractivity contribution is -0.122. The van der Waals surface area contributed by atoms with Crippen LogP contribution in [0.3, 0.4) is 0 Å². The van der Waals surface area contributed by atoms with Crippen molar-refractivity contribution < 1.29 is 9.53 Å². The second-order valence-electron chi connectivity index (χ2n) is 5.24. The molecule has 1 heterocycles. The van der Waals surface area contributed by atoms with Crippen LogP contribution in [0.25, 0.3) is 0 Å². The molecule has 2 atom stereocenters. The lowest BCUT2D eigenvalue weighted by atomic mass is 10.3. The fraction of sp³-hybridized carbons (Fsp3) is 0.375. The molecule has 0 aliphatic heterocycles. The van der Waals surface area contributed by atoms with Crippen LogP contribution < -0.4 is 10.1 Å². The Morgan fingerprint density at radius 1 is 1.43 bits per heavy atom. The van der Waals surface area contributed by atoms with E-state index in [1.54, 1.807) is 36.0 Å². The van der Waals surface area contributed by atoms with Crippen LogP contribution in [0.1, 0.15) is 33.2 Å². The summed E-state index contributed by atoms with van der Waals surface area (Å²) in [5.74, 6) is 0.865. The molecule has 7 heteroatoms. The fourth-order valence-corrected chi connectivity index (χ4v) is 2.70. The average Bonchev–Trinajstić information content (AvgIpc) is 2.97. The molecule has 1 aromatic carbocycles. The number of amides is 1. The summed E-state index contributed by atoms with van der Waals surface area (Å²) in [6, 6.07) is 7.23. The van der Waals surface area contributed by atoms with Gasteiger partial charge in [0.2, 0.25) is 0 Å². The number of ether oxygens (including phenoxy) is 1. The zero-order chi connectivity index (χ0) is 17.0. The summed E-state index contributed by atoms with van der Waals surface area (Å²) in [5.41, 5.74) is 0. The monoisotopic (exact) mass is 399 g/mol. The first-order chi connectivity index (χ1) is 10.9. The molecule has 124 valence electrons. The second-order valence-corrected chi connectivity index (χ2v) is 6.57. The molecule has 0 unspecified atom stereocenters. The smallest absolute Gasteiger partial charge is 0.266 e. The van der Waals surface area contributed by atoms with Gasteiger partial charge in [0.05, 0.1) is 17.3 Å². The number of rotatable bonds is 6. The van der Waals surface area contributed by atoms with Crippen LogP contribution in [0, 0.1) is 0 Å². The average molecular weight is 401 g/mol. The maximum Gasteiger partial charge on any atom is 0.266 e. The number of aromatic nitrogens is 2. The van der Waals surface area contributed by atoms with Gasteiger partial charge in [-0.1, -0.05) is 34.5 Å². The molecule has 0 aliphatic rings. The Kier molecular flexibility index (Phi) is 6.07. The predicted octanol–water partition coefficient (Wildman–Crippen LogP) is 4.68. The lowest BCUT2D eigenvalue weighted by Gasteiger charge is -2.18. The SMILES string of the molecule is CC[C@@H](C)n1nccc1NC(=O)[C@@H](C)Oc1ccc(Br)cc1Cl. The van der Waals surface area contributed by atoms with Gasteiger partial charge in [-0.15, -0.1) is 0 Å². The van der Waals surface area contributed by atoms with E-state index in [0.29, 0.717) is 16.6 Å². The Hall–Kier alpha value is -1.53. The summed E-state index contributed by atoms with van der Waals surface area (Å²) < 4.78 is 8.28. The van der Waals surface area contributed by atoms with Gasteiger partial charge in [0, 0.05) is 10.5 Å². The number of hydrogen-bond donors (Lipinski definition) is 1. The summed E-state index contributed by atoms with van der Waals surface area (Å²) in [5, 5.41) is 7.53. The Labute approximate surface area is 149 Å². The van der Waals surface area contributed by atoms with E-state index in [1.807, 2.05) is 13.0 Å². The first kappa shape index (κ1) is 17.8. The molecule has 0 saturated heterocycles. The molecule has 0 radical (unpaired) electrons. The number of carbonyl (C=O) groups is 1. The summed E-state index contributed by atoms with van der Waals surface area (Å²) in [6.45, 7) is 5.79. The number of carbonyl (C=O) groups excluding carboxylic acids is 1.